The van der Waals surface area contributed by atoms with Crippen molar-refractivity contribution in [2.75, 3.05) is 13.2 Å². The SMILES string of the molecule is OC(Cc1ccccc1Cl)c1cc2c(cc1Br)OCCO2. The Balaban J connectivity index is 1.87. The smallest absolute Gasteiger partial charge is 0.162 e. The van der Waals surface area contributed by atoms with Crippen molar-refractivity contribution in [3.63, 3.8) is 0 Å². The van der Waals surface area contributed by atoms with E-state index in [2.05, 4.69) is 15.9 Å². The van der Waals surface area contributed by atoms with E-state index in [4.69, 9.17) is 21.1 Å². The molecular weight excluding hydrogens is 356 g/mol. The number of ether oxygens (including phenoxy) is 2. The average molecular weight is 370 g/mol. The quantitative estimate of drug-likeness (QED) is 0.883. The second kappa shape index (κ2) is 6.26. The second-order valence-corrected chi connectivity index (χ2v) is 6.09. The summed E-state index contributed by atoms with van der Waals surface area (Å²) in [7, 11) is 0. The molecule has 1 aliphatic rings. The molecule has 1 N–H and O–H groups in total. The van der Waals surface area contributed by atoms with Crippen LogP contribution in [0.4, 0.5) is 0 Å². The number of aliphatic hydroxyl groups excluding tert-OH is 1. The molecule has 1 unspecified atom stereocenters. The molecule has 1 heterocycles. The molecular formula is C16H14BrClO3. The highest BCUT2D eigenvalue weighted by Gasteiger charge is 2.19. The fourth-order valence-electron chi connectivity index (χ4n) is 2.32. The molecule has 5 heteroatoms. The van der Waals surface area contributed by atoms with Crippen LogP contribution in [0.2, 0.25) is 5.02 Å². The van der Waals surface area contributed by atoms with E-state index in [0.29, 0.717) is 36.2 Å². The van der Waals surface area contributed by atoms with E-state index in [0.717, 1.165) is 15.6 Å². The molecule has 1 aliphatic heterocycles. The Bertz CT molecular complexity index is 660. The summed E-state index contributed by atoms with van der Waals surface area (Å²) in [4.78, 5) is 0. The van der Waals surface area contributed by atoms with Gasteiger partial charge < -0.3 is 14.6 Å². The Kier molecular flexibility index (Phi) is 4.38. The molecule has 110 valence electrons. The van der Waals surface area contributed by atoms with E-state index in [9.17, 15) is 5.11 Å². The molecule has 1 atom stereocenters. The molecule has 2 aromatic rings. The first kappa shape index (κ1) is 14.7. The number of rotatable bonds is 3. The number of fused-ring (bicyclic) bond motifs is 1. The van der Waals surface area contributed by atoms with Crippen molar-refractivity contribution >= 4 is 27.5 Å². The molecule has 21 heavy (non-hydrogen) atoms. The summed E-state index contributed by atoms with van der Waals surface area (Å²) < 4.78 is 11.9. The van der Waals surface area contributed by atoms with Crippen molar-refractivity contribution in [3.05, 3.63) is 57.0 Å². The summed E-state index contributed by atoms with van der Waals surface area (Å²) in [6, 6.07) is 11.2. The Hall–Kier alpha value is -1.23. The minimum absolute atomic E-state index is 0.442. The maximum Gasteiger partial charge on any atom is 0.162 e. The van der Waals surface area contributed by atoms with Crippen LogP contribution in [0.3, 0.4) is 0 Å². The Labute approximate surface area is 136 Å². The minimum Gasteiger partial charge on any atom is -0.486 e. The third-order valence-electron chi connectivity index (χ3n) is 3.39. The highest BCUT2D eigenvalue weighted by Crippen LogP contribution is 2.38. The van der Waals surface area contributed by atoms with Crippen LogP contribution < -0.4 is 9.47 Å². The van der Waals surface area contributed by atoms with Gasteiger partial charge in [-0.3, -0.25) is 0 Å². The monoisotopic (exact) mass is 368 g/mol. The normalized spacial score (nSPS) is 14.8. The summed E-state index contributed by atoms with van der Waals surface area (Å²) in [6.45, 7) is 1.07. The lowest BCUT2D eigenvalue weighted by molar-refractivity contribution is 0.164. The van der Waals surface area contributed by atoms with Crippen molar-refractivity contribution in [1.29, 1.82) is 0 Å². The topological polar surface area (TPSA) is 38.7 Å². The van der Waals surface area contributed by atoms with Gasteiger partial charge in [0.25, 0.3) is 0 Å². The zero-order chi connectivity index (χ0) is 14.8. The maximum absolute atomic E-state index is 10.5. The third-order valence-corrected chi connectivity index (χ3v) is 4.45. The minimum atomic E-state index is -0.671. The van der Waals surface area contributed by atoms with E-state index in [1.807, 2.05) is 36.4 Å². The fraction of sp³-hybridized carbons (Fsp3) is 0.250. The molecule has 3 nitrogen and oxygen atoms in total. The fourth-order valence-corrected chi connectivity index (χ4v) is 3.12. The third kappa shape index (κ3) is 3.18. The van der Waals surface area contributed by atoms with Gasteiger partial charge in [0, 0.05) is 15.9 Å². The molecule has 0 bridgehead atoms. The van der Waals surface area contributed by atoms with Gasteiger partial charge in [-0.05, 0) is 29.3 Å². The van der Waals surface area contributed by atoms with Gasteiger partial charge in [-0.25, -0.2) is 0 Å². The van der Waals surface area contributed by atoms with Gasteiger partial charge >= 0.3 is 0 Å². The van der Waals surface area contributed by atoms with Crippen molar-refractivity contribution in [1.82, 2.24) is 0 Å². The molecule has 0 fully saturated rings. The molecule has 3 rings (SSSR count). The van der Waals surface area contributed by atoms with Crippen molar-refractivity contribution in [2.24, 2.45) is 0 Å². The molecule has 0 aromatic heterocycles. The summed E-state index contributed by atoms with van der Waals surface area (Å²) in [6.07, 6.45) is -0.229. The van der Waals surface area contributed by atoms with Gasteiger partial charge in [0.15, 0.2) is 11.5 Å². The Morgan fingerprint density at radius 3 is 2.52 bits per heavy atom. The van der Waals surface area contributed by atoms with Crippen LogP contribution in [0, 0.1) is 0 Å². The van der Waals surface area contributed by atoms with E-state index in [-0.39, 0.29) is 0 Å². The molecule has 0 spiro atoms. The summed E-state index contributed by atoms with van der Waals surface area (Å²) in [5.74, 6) is 1.36. The lowest BCUT2D eigenvalue weighted by Crippen LogP contribution is -2.16. The predicted octanol–water partition coefficient (Wildman–Crippen LogP) is 4.15. The molecule has 0 saturated heterocycles. The van der Waals surface area contributed by atoms with Crippen molar-refractivity contribution < 1.29 is 14.6 Å². The van der Waals surface area contributed by atoms with E-state index < -0.39 is 6.10 Å². The first-order valence-corrected chi connectivity index (χ1v) is 7.83. The van der Waals surface area contributed by atoms with Crippen LogP contribution in [0.1, 0.15) is 17.2 Å². The molecule has 0 saturated carbocycles. The van der Waals surface area contributed by atoms with Crippen molar-refractivity contribution in [2.45, 2.75) is 12.5 Å². The number of aliphatic hydroxyl groups is 1. The van der Waals surface area contributed by atoms with Crippen LogP contribution in [-0.4, -0.2) is 18.3 Å². The average Bonchev–Trinajstić information content (AvgIpc) is 2.49. The number of benzene rings is 2. The first-order valence-electron chi connectivity index (χ1n) is 6.65. The lowest BCUT2D eigenvalue weighted by atomic mass is 10.0. The molecule has 0 aliphatic carbocycles. The van der Waals surface area contributed by atoms with Gasteiger partial charge in [-0.15, -0.1) is 0 Å². The highest BCUT2D eigenvalue weighted by molar-refractivity contribution is 9.10. The Morgan fingerprint density at radius 2 is 1.81 bits per heavy atom. The zero-order valence-corrected chi connectivity index (χ0v) is 13.5. The number of hydrogen-bond acceptors (Lipinski definition) is 3. The first-order chi connectivity index (χ1) is 10.1. The van der Waals surface area contributed by atoms with Gasteiger partial charge in [0.2, 0.25) is 0 Å². The van der Waals surface area contributed by atoms with Crippen molar-refractivity contribution in [3.8, 4) is 11.5 Å². The summed E-state index contributed by atoms with van der Waals surface area (Å²) in [5.41, 5.74) is 1.67. The van der Waals surface area contributed by atoms with Gasteiger partial charge in [0.05, 0.1) is 6.10 Å². The van der Waals surface area contributed by atoms with Gasteiger partial charge in [-0.2, -0.15) is 0 Å². The Morgan fingerprint density at radius 1 is 1.14 bits per heavy atom. The largest absolute Gasteiger partial charge is 0.486 e. The molecule has 0 amide bonds. The van der Waals surface area contributed by atoms with Crippen LogP contribution in [0.25, 0.3) is 0 Å². The predicted molar refractivity (Wildman–Crippen MR) is 85.2 cm³/mol. The van der Waals surface area contributed by atoms with E-state index in [1.165, 1.54) is 0 Å². The van der Waals surface area contributed by atoms with Gasteiger partial charge in [-0.1, -0.05) is 45.7 Å². The standard InChI is InChI=1S/C16H14BrClO3/c17-12-9-16-15(20-5-6-21-16)8-11(12)14(19)7-10-3-1-2-4-13(10)18/h1-4,8-9,14,19H,5-7H2. The van der Waals surface area contributed by atoms with Crippen LogP contribution >= 0.6 is 27.5 Å². The number of halogens is 2. The second-order valence-electron chi connectivity index (χ2n) is 4.83. The van der Waals surface area contributed by atoms with Gasteiger partial charge in [0.1, 0.15) is 13.2 Å². The highest BCUT2D eigenvalue weighted by atomic mass is 79.9. The zero-order valence-electron chi connectivity index (χ0n) is 11.2. The number of hydrogen-bond donors (Lipinski definition) is 1. The summed E-state index contributed by atoms with van der Waals surface area (Å²) in [5, 5.41) is 11.2. The van der Waals surface area contributed by atoms with Crippen LogP contribution in [0.5, 0.6) is 11.5 Å². The molecule has 2 aromatic carbocycles. The lowest BCUT2D eigenvalue weighted by Gasteiger charge is -2.21. The van der Waals surface area contributed by atoms with E-state index in [1.54, 1.807) is 0 Å². The van der Waals surface area contributed by atoms with Crippen LogP contribution in [0.15, 0.2) is 40.9 Å². The maximum atomic E-state index is 10.5. The van der Waals surface area contributed by atoms with E-state index >= 15 is 0 Å². The summed E-state index contributed by atoms with van der Waals surface area (Å²) >= 11 is 9.62. The molecule has 0 radical (unpaired) electrons. The van der Waals surface area contributed by atoms with Crippen LogP contribution in [-0.2, 0) is 6.42 Å².